The summed E-state index contributed by atoms with van der Waals surface area (Å²) < 4.78 is 0. The second kappa shape index (κ2) is 4.50. The molecule has 3 heteroatoms. The van der Waals surface area contributed by atoms with E-state index in [2.05, 4.69) is 19.0 Å². The molecule has 88 valence electrons. The van der Waals surface area contributed by atoms with Crippen LogP contribution in [0.3, 0.4) is 0 Å². The van der Waals surface area contributed by atoms with Gasteiger partial charge in [0.25, 0.3) is 0 Å². The number of fused-ring (bicyclic) bond motifs is 1. The first-order valence-electron chi connectivity index (χ1n) is 6.64. The minimum atomic E-state index is 0.377. The molecule has 0 saturated heterocycles. The van der Waals surface area contributed by atoms with Crippen LogP contribution in [0.2, 0.25) is 5.82 Å². The summed E-state index contributed by atoms with van der Waals surface area (Å²) in [4.78, 5) is 10.4. The topological polar surface area (TPSA) is 29.4 Å². The highest BCUT2D eigenvalue weighted by molar-refractivity contribution is 6.11. The van der Waals surface area contributed by atoms with Crippen LogP contribution in [0.25, 0.3) is 0 Å². The molecule has 0 N–H and O–H groups in total. The predicted octanol–water partition coefficient (Wildman–Crippen LogP) is 3.56. The summed E-state index contributed by atoms with van der Waals surface area (Å²) in [5.74, 6) is 2.15. The van der Waals surface area contributed by atoms with Gasteiger partial charge in [-0.3, -0.25) is 0 Å². The Morgan fingerprint density at radius 1 is 1.44 bits per heavy atom. The Kier molecular flexibility index (Phi) is 3.41. The summed E-state index contributed by atoms with van der Waals surface area (Å²) in [5.41, 5.74) is 0.377. The molecule has 2 aliphatic carbocycles. The second-order valence-corrected chi connectivity index (χ2v) is 6.14. The fourth-order valence-electron chi connectivity index (χ4n) is 4.47. The summed E-state index contributed by atoms with van der Waals surface area (Å²) in [6.07, 6.45) is 6.23. The van der Waals surface area contributed by atoms with Crippen LogP contribution in [0.15, 0.2) is 5.18 Å². The monoisotopic (exact) mass is 219 g/mol. The van der Waals surface area contributed by atoms with Gasteiger partial charge in [-0.25, -0.2) is 0 Å². The maximum absolute atomic E-state index is 10.4. The molecule has 2 nitrogen and oxygen atoms in total. The van der Waals surface area contributed by atoms with Crippen molar-refractivity contribution in [3.63, 3.8) is 0 Å². The van der Waals surface area contributed by atoms with Gasteiger partial charge in [0.2, 0.25) is 0 Å². The molecule has 2 saturated carbocycles. The maximum atomic E-state index is 10.4. The van der Waals surface area contributed by atoms with Crippen molar-refractivity contribution in [3.05, 3.63) is 4.91 Å². The molecule has 0 aromatic heterocycles. The van der Waals surface area contributed by atoms with Gasteiger partial charge >= 0.3 is 0 Å². The number of rotatable bonds is 3. The first-order chi connectivity index (χ1) is 7.59. The summed E-state index contributed by atoms with van der Waals surface area (Å²) in [7, 11) is 6.26. The first-order valence-corrected chi connectivity index (χ1v) is 6.64. The van der Waals surface area contributed by atoms with E-state index in [9.17, 15) is 4.91 Å². The largest absolute Gasteiger partial charge is 0.151 e. The van der Waals surface area contributed by atoms with Crippen LogP contribution in [-0.4, -0.2) is 14.4 Å². The van der Waals surface area contributed by atoms with Crippen molar-refractivity contribution in [3.8, 4) is 0 Å². The van der Waals surface area contributed by atoms with E-state index >= 15 is 0 Å². The maximum Gasteiger partial charge on any atom is 0.0839 e. The van der Waals surface area contributed by atoms with E-state index in [0.29, 0.717) is 35.5 Å². The molecular weight excluding hydrogens is 197 g/mol. The molecule has 2 fully saturated rings. The molecule has 0 spiro atoms. The molecule has 5 atom stereocenters. The van der Waals surface area contributed by atoms with Crippen molar-refractivity contribution >= 4 is 7.85 Å². The third kappa shape index (κ3) is 1.82. The Bertz CT molecular complexity index is 271. The molecule has 0 amide bonds. The first kappa shape index (κ1) is 12.1. The fourth-order valence-corrected chi connectivity index (χ4v) is 4.47. The van der Waals surface area contributed by atoms with E-state index in [4.69, 9.17) is 7.85 Å². The SMILES string of the molecule is [B][C@H]1CCC[C@@]2(C)C1CCC2[C@@H](C)CN=O. The highest BCUT2D eigenvalue weighted by Gasteiger charge is 2.50. The predicted molar refractivity (Wildman–Crippen MR) is 67.5 cm³/mol. The molecule has 0 aromatic carbocycles. The molecule has 0 aliphatic heterocycles. The van der Waals surface area contributed by atoms with Crippen LogP contribution in [0.4, 0.5) is 0 Å². The van der Waals surface area contributed by atoms with E-state index in [1.807, 2.05) is 0 Å². The van der Waals surface area contributed by atoms with Crippen molar-refractivity contribution in [1.29, 1.82) is 0 Å². The number of hydrogen-bond acceptors (Lipinski definition) is 2. The van der Waals surface area contributed by atoms with Gasteiger partial charge in [0.05, 0.1) is 14.4 Å². The van der Waals surface area contributed by atoms with Gasteiger partial charge < -0.3 is 0 Å². The second-order valence-electron chi connectivity index (χ2n) is 6.14. The molecule has 2 radical (unpaired) electrons. The Morgan fingerprint density at radius 3 is 2.88 bits per heavy atom. The molecule has 2 unspecified atom stereocenters. The Labute approximate surface area is 100.0 Å². The normalized spacial score (nSPS) is 45.0. The molecule has 16 heavy (non-hydrogen) atoms. The van der Waals surface area contributed by atoms with E-state index in [-0.39, 0.29) is 0 Å². The smallest absolute Gasteiger partial charge is 0.0839 e. The molecule has 2 rings (SSSR count). The van der Waals surface area contributed by atoms with Gasteiger partial charge in [0.1, 0.15) is 0 Å². The molecule has 0 bridgehead atoms. The summed E-state index contributed by atoms with van der Waals surface area (Å²) in [6.45, 7) is 5.05. The van der Waals surface area contributed by atoms with E-state index in [1.54, 1.807) is 0 Å². The van der Waals surface area contributed by atoms with Gasteiger partial charge in [0.15, 0.2) is 0 Å². The zero-order chi connectivity index (χ0) is 11.8. The van der Waals surface area contributed by atoms with Crippen molar-refractivity contribution in [1.82, 2.24) is 0 Å². The summed E-state index contributed by atoms with van der Waals surface area (Å²) in [5, 5.41) is 3.09. The van der Waals surface area contributed by atoms with Gasteiger partial charge in [-0.15, -0.1) is 0 Å². The summed E-state index contributed by atoms with van der Waals surface area (Å²) in [6, 6.07) is 0. The highest BCUT2D eigenvalue weighted by Crippen LogP contribution is 2.60. The summed E-state index contributed by atoms with van der Waals surface area (Å²) >= 11 is 0. The minimum Gasteiger partial charge on any atom is -0.151 e. The molecule has 2 aliphatic rings. The Hall–Kier alpha value is -0.335. The number of nitrogens with zero attached hydrogens (tertiary/aromatic N) is 1. The Morgan fingerprint density at radius 2 is 2.19 bits per heavy atom. The van der Waals surface area contributed by atoms with Crippen LogP contribution in [0, 0.1) is 28.1 Å². The van der Waals surface area contributed by atoms with Gasteiger partial charge in [-0.1, -0.05) is 44.1 Å². The third-order valence-electron chi connectivity index (χ3n) is 5.30. The van der Waals surface area contributed by atoms with Crippen molar-refractivity contribution in [2.75, 3.05) is 6.54 Å². The van der Waals surface area contributed by atoms with Crippen LogP contribution >= 0.6 is 0 Å². The quantitative estimate of drug-likeness (QED) is 0.527. The minimum absolute atomic E-state index is 0.377. The van der Waals surface area contributed by atoms with Gasteiger partial charge in [0, 0.05) is 0 Å². The van der Waals surface area contributed by atoms with Crippen LogP contribution in [0.5, 0.6) is 0 Å². The van der Waals surface area contributed by atoms with Crippen molar-refractivity contribution < 1.29 is 0 Å². The average molecular weight is 219 g/mol. The lowest BCUT2D eigenvalue weighted by atomic mass is 9.55. The lowest BCUT2D eigenvalue weighted by Gasteiger charge is -2.46. The zero-order valence-electron chi connectivity index (χ0n) is 10.5. The van der Waals surface area contributed by atoms with E-state index < -0.39 is 0 Å². The van der Waals surface area contributed by atoms with Crippen LogP contribution in [-0.2, 0) is 0 Å². The average Bonchev–Trinajstić information content (AvgIpc) is 2.57. The molecule has 0 aromatic rings. The van der Waals surface area contributed by atoms with Gasteiger partial charge in [-0.05, 0) is 36.0 Å². The van der Waals surface area contributed by atoms with Crippen LogP contribution in [0.1, 0.15) is 46.0 Å². The standard InChI is InChI=1S/C13H22BNO/c1-9(8-15-16)10-5-6-11-12(14)4-3-7-13(10,11)2/h9-12H,3-8H2,1-2H3/t9-,10?,11?,12-,13+/m0/s1. The lowest BCUT2D eigenvalue weighted by Crippen LogP contribution is -2.37. The lowest BCUT2D eigenvalue weighted by molar-refractivity contribution is 0.0726. The molecular formula is C13H22BNO. The van der Waals surface area contributed by atoms with Crippen LogP contribution < -0.4 is 0 Å². The zero-order valence-corrected chi connectivity index (χ0v) is 10.5. The fraction of sp³-hybridized carbons (Fsp3) is 1.00. The highest BCUT2D eigenvalue weighted by atomic mass is 16.3. The molecule has 0 heterocycles. The van der Waals surface area contributed by atoms with E-state index in [1.165, 1.54) is 32.1 Å². The third-order valence-corrected chi connectivity index (χ3v) is 5.30. The Balaban J connectivity index is 2.14. The number of nitroso groups, excluding NO2 is 1. The van der Waals surface area contributed by atoms with Crippen molar-refractivity contribution in [2.45, 2.75) is 51.8 Å². The number of hydrogen-bond donors (Lipinski definition) is 0. The van der Waals surface area contributed by atoms with Gasteiger partial charge in [-0.2, -0.15) is 4.91 Å². The van der Waals surface area contributed by atoms with Crippen molar-refractivity contribution in [2.24, 2.45) is 28.3 Å². The van der Waals surface area contributed by atoms with E-state index in [0.717, 1.165) is 0 Å².